The number of aliphatic hydroxyl groups excluding tert-OH is 1. The second kappa shape index (κ2) is 7.83. The fraction of sp³-hybridized carbons (Fsp3) is 0.105. The molecule has 1 amide bonds. The van der Waals surface area contributed by atoms with E-state index in [1.165, 1.54) is 13.2 Å². The minimum atomic E-state index is -0.320. The van der Waals surface area contributed by atoms with Crippen molar-refractivity contribution in [2.24, 2.45) is 0 Å². The average molecular weight is 392 g/mol. The van der Waals surface area contributed by atoms with E-state index in [4.69, 9.17) is 37.5 Å². The number of ether oxygens (including phenoxy) is 1. The third-order valence-corrected chi connectivity index (χ3v) is 4.33. The molecule has 26 heavy (non-hydrogen) atoms. The molecule has 0 spiro atoms. The lowest BCUT2D eigenvalue weighted by Crippen LogP contribution is -2.11. The lowest BCUT2D eigenvalue weighted by atomic mass is 10.1. The molecule has 1 aromatic heterocycles. The minimum Gasteiger partial charge on any atom is -0.495 e. The highest BCUT2D eigenvalue weighted by Crippen LogP contribution is 2.32. The molecule has 3 rings (SSSR count). The Morgan fingerprint density at radius 1 is 1.12 bits per heavy atom. The molecule has 3 aromatic rings. The summed E-state index contributed by atoms with van der Waals surface area (Å²) in [4.78, 5) is 12.4. The molecule has 134 valence electrons. The highest BCUT2D eigenvalue weighted by atomic mass is 35.5. The summed E-state index contributed by atoms with van der Waals surface area (Å²) in [5.74, 6) is 1.17. The number of anilines is 1. The molecule has 0 atom stereocenters. The van der Waals surface area contributed by atoms with Gasteiger partial charge in [0.1, 0.15) is 23.9 Å². The number of carbonyl (C=O) groups is 1. The van der Waals surface area contributed by atoms with Gasteiger partial charge in [0, 0.05) is 16.8 Å². The number of hydrogen-bond donors (Lipinski definition) is 2. The van der Waals surface area contributed by atoms with Crippen LogP contribution in [-0.4, -0.2) is 18.1 Å². The lowest BCUT2D eigenvalue weighted by molar-refractivity contribution is 0.102. The molecule has 0 saturated carbocycles. The van der Waals surface area contributed by atoms with Gasteiger partial charge in [-0.05, 0) is 48.5 Å². The van der Waals surface area contributed by atoms with Crippen molar-refractivity contribution < 1.29 is 19.1 Å². The van der Waals surface area contributed by atoms with E-state index < -0.39 is 0 Å². The normalized spacial score (nSPS) is 10.6. The molecule has 0 bridgehead atoms. The molecular weight excluding hydrogens is 377 g/mol. The topological polar surface area (TPSA) is 71.7 Å². The van der Waals surface area contributed by atoms with Gasteiger partial charge in [0.2, 0.25) is 0 Å². The summed E-state index contributed by atoms with van der Waals surface area (Å²) in [6.07, 6.45) is 0. The first kappa shape index (κ1) is 18.3. The number of furan rings is 1. The van der Waals surface area contributed by atoms with E-state index >= 15 is 0 Å². The molecule has 0 aliphatic rings. The van der Waals surface area contributed by atoms with E-state index in [0.717, 1.165) is 0 Å². The fourth-order valence-electron chi connectivity index (χ4n) is 2.41. The van der Waals surface area contributed by atoms with Crippen LogP contribution in [0, 0.1) is 0 Å². The van der Waals surface area contributed by atoms with Gasteiger partial charge in [0.05, 0.1) is 17.2 Å². The summed E-state index contributed by atoms with van der Waals surface area (Å²) in [6.45, 7) is -0.184. The summed E-state index contributed by atoms with van der Waals surface area (Å²) >= 11 is 12.3. The van der Waals surface area contributed by atoms with E-state index in [2.05, 4.69) is 5.32 Å². The van der Waals surface area contributed by atoms with Crippen molar-refractivity contribution >= 4 is 34.8 Å². The van der Waals surface area contributed by atoms with E-state index in [9.17, 15) is 4.79 Å². The van der Waals surface area contributed by atoms with Crippen LogP contribution in [0.25, 0.3) is 11.3 Å². The molecule has 0 saturated heterocycles. The van der Waals surface area contributed by atoms with Gasteiger partial charge in [-0.1, -0.05) is 23.2 Å². The maximum absolute atomic E-state index is 12.4. The largest absolute Gasteiger partial charge is 0.495 e. The maximum Gasteiger partial charge on any atom is 0.255 e. The first-order valence-corrected chi connectivity index (χ1v) is 8.42. The zero-order chi connectivity index (χ0) is 18.7. The molecular formula is C19H15Cl2NO4. The number of methoxy groups -OCH3 is 1. The molecule has 5 nitrogen and oxygen atoms in total. The summed E-state index contributed by atoms with van der Waals surface area (Å²) < 4.78 is 10.5. The molecule has 0 fully saturated rings. The highest BCUT2D eigenvalue weighted by molar-refractivity contribution is 6.33. The zero-order valence-electron chi connectivity index (χ0n) is 13.8. The molecule has 0 unspecified atom stereocenters. The van der Waals surface area contributed by atoms with Crippen molar-refractivity contribution in [2.75, 3.05) is 12.4 Å². The zero-order valence-corrected chi connectivity index (χ0v) is 15.3. The Hall–Kier alpha value is -2.47. The first-order valence-electron chi connectivity index (χ1n) is 7.66. The van der Waals surface area contributed by atoms with Gasteiger partial charge in [0.15, 0.2) is 0 Å². The maximum atomic E-state index is 12.4. The Balaban J connectivity index is 1.79. The van der Waals surface area contributed by atoms with Crippen molar-refractivity contribution in [3.8, 4) is 17.1 Å². The Morgan fingerprint density at radius 3 is 2.54 bits per heavy atom. The molecule has 1 heterocycles. The molecule has 0 aliphatic heterocycles. The predicted octanol–water partition coefficient (Wildman–Crippen LogP) is 5.01. The third-order valence-electron chi connectivity index (χ3n) is 3.72. The number of benzene rings is 2. The molecule has 7 heteroatoms. The Bertz CT molecular complexity index is 952. The quantitative estimate of drug-likeness (QED) is 0.641. The third kappa shape index (κ3) is 3.85. The van der Waals surface area contributed by atoms with Crippen LogP contribution in [0.15, 0.2) is 52.9 Å². The Kier molecular flexibility index (Phi) is 5.52. The smallest absolute Gasteiger partial charge is 0.255 e. The highest BCUT2D eigenvalue weighted by Gasteiger charge is 2.12. The van der Waals surface area contributed by atoms with Crippen LogP contribution >= 0.6 is 23.2 Å². The molecule has 0 radical (unpaired) electrons. The van der Waals surface area contributed by atoms with Crippen molar-refractivity contribution in [2.45, 2.75) is 6.61 Å². The molecule has 0 aliphatic carbocycles. The lowest BCUT2D eigenvalue weighted by Gasteiger charge is -2.09. The van der Waals surface area contributed by atoms with Crippen molar-refractivity contribution in [1.29, 1.82) is 0 Å². The van der Waals surface area contributed by atoms with Crippen LogP contribution in [0.1, 0.15) is 16.1 Å². The number of halogens is 2. The van der Waals surface area contributed by atoms with Gasteiger partial charge < -0.3 is 19.6 Å². The van der Waals surface area contributed by atoms with Gasteiger partial charge in [-0.2, -0.15) is 0 Å². The fourth-order valence-corrected chi connectivity index (χ4v) is 2.94. The average Bonchev–Trinajstić information content (AvgIpc) is 3.10. The summed E-state index contributed by atoms with van der Waals surface area (Å²) in [6, 6.07) is 13.3. The van der Waals surface area contributed by atoms with Crippen molar-refractivity contribution in [3.63, 3.8) is 0 Å². The van der Waals surface area contributed by atoms with Gasteiger partial charge >= 0.3 is 0 Å². The van der Waals surface area contributed by atoms with Gasteiger partial charge in [-0.25, -0.2) is 0 Å². The minimum absolute atomic E-state index is 0.184. The predicted molar refractivity (Wildman–Crippen MR) is 101 cm³/mol. The van der Waals surface area contributed by atoms with Crippen molar-refractivity contribution in [3.05, 3.63) is 69.9 Å². The Labute approximate surface area is 160 Å². The van der Waals surface area contributed by atoms with Gasteiger partial charge in [0.25, 0.3) is 5.91 Å². The monoisotopic (exact) mass is 391 g/mol. The summed E-state index contributed by atoms with van der Waals surface area (Å²) in [7, 11) is 1.51. The SMILES string of the molecule is COc1ccc(C(=O)Nc2ccc(-c3ccc(CO)o3)c(Cl)c2)cc1Cl. The first-order chi connectivity index (χ1) is 12.5. The van der Waals surface area contributed by atoms with E-state index in [1.54, 1.807) is 42.5 Å². The van der Waals surface area contributed by atoms with Crippen LogP contribution in [0.4, 0.5) is 5.69 Å². The van der Waals surface area contributed by atoms with Crippen LogP contribution in [0.3, 0.4) is 0 Å². The van der Waals surface area contributed by atoms with E-state index in [-0.39, 0.29) is 12.5 Å². The number of hydrogen-bond acceptors (Lipinski definition) is 4. The Morgan fingerprint density at radius 2 is 1.92 bits per heavy atom. The summed E-state index contributed by atoms with van der Waals surface area (Å²) in [5, 5.41) is 12.6. The van der Waals surface area contributed by atoms with E-state index in [1.807, 2.05) is 0 Å². The molecule has 2 N–H and O–H groups in total. The standard InChI is InChI=1S/C19H15Cl2NO4/c1-25-18-6-2-11(8-16(18)21)19(24)22-12-3-5-14(15(20)9-12)17-7-4-13(10-23)26-17/h2-9,23H,10H2,1H3,(H,22,24). The van der Waals surface area contributed by atoms with Gasteiger partial charge in [-0.15, -0.1) is 0 Å². The second-order valence-corrected chi connectivity index (χ2v) is 6.24. The van der Waals surface area contributed by atoms with Crippen LogP contribution in [-0.2, 0) is 6.61 Å². The van der Waals surface area contributed by atoms with Crippen LogP contribution < -0.4 is 10.1 Å². The van der Waals surface area contributed by atoms with Crippen molar-refractivity contribution in [1.82, 2.24) is 0 Å². The molecule has 2 aromatic carbocycles. The second-order valence-electron chi connectivity index (χ2n) is 5.42. The van der Waals surface area contributed by atoms with E-state index in [0.29, 0.717) is 44.1 Å². The number of amides is 1. The number of aliphatic hydroxyl groups is 1. The summed E-state index contributed by atoms with van der Waals surface area (Å²) in [5.41, 5.74) is 1.59. The van der Waals surface area contributed by atoms with Gasteiger partial charge in [-0.3, -0.25) is 4.79 Å². The number of nitrogens with one attached hydrogen (secondary N) is 1. The number of rotatable bonds is 5. The number of carbonyl (C=O) groups excluding carboxylic acids is 1. The van der Waals surface area contributed by atoms with Crippen LogP contribution in [0.2, 0.25) is 10.0 Å². The van der Waals surface area contributed by atoms with Crippen LogP contribution in [0.5, 0.6) is 5.75 Å².